The van der Waals surface area contributed by atoms with Crippen molar-refractivity contribution in [2.24, 2.45) is 5.92 Å². The Kier molecular flexibility index (Phi) is 5.47. The van der Waals surface area contributed by atoms with E-state index in [1.807, 2.05) is 32.0 Å². The number of alkyl halides is 1. The topological polar surface area (TPSA) is 29.1 Å². The van der Waals surface area contributed by atoms with Crippen LogP contribution in [0.1, 0.15) is 13.8 Å². The van der Waals surface area contributed by atoms with Gasteiger partial charge in [-0.1, -0.05) is 35.8 Å². The Labute approximate surface area is 121 Å². The maximum Gasteiger partial charge on any atom is 0.238 e. The number of nitrogens with one attached hydrogen (secondary N) is 1. The first kappa shape index (κ1) is 14.2. The summed E-state index contributed by atoms with van der Waals surface area (Å²) in [5.41, 5.74) is 0.762. The number of anilines is 1. The van der Waals surface area contributed by atoms with Gasteiger partial charge in [-0.2, -0.15) is 0 Å². The number of carbonyl (C=O) groups excluding carboxylic acids is 1. The average Bonchev–Trinajstić information content (AvgIpc) is 2.22. The number of amides is 1. The van der Waals surface area contributed by atoms with Crippen molar-refractivity contribution in [1.29, 1.82) is 0 Å². The zero-order valence-corrected chi connectivity index (χ0v) is 13.7. The van der Waals surface area contributed by atoms with Gasteiger partial charge in [0, 0.05) is 8.95 Å². The van der Waals surface area contributed by atoms with Crippen molar-refractivity contribution in [1.82, 2.24) is 0 Å². The van der Waals surface area contributed by atoms with E-state index in [4.69, 9.17) is 0 Å². The molecule has 0 spiro atoms. The van der Waals surface area contributed by atoms with Crippen molar-refractivity contribution in [2.45, 2.75) is 18.7 Å². The summed E-state index contributed by atoms with van der Waals surface area (Å²) < 4.78 is 1.72. The molecular formula is C11H12Br3NO. The highest BCUT2D eigenvalue weighted by Crippen LogP contribution is 2.31. The van der Waals surface area contributed by atoms with Crippen LogP contribution in [0, 0.1) is 5.92 Å². The molecule has 0 radical (unpaired) electrons. The predicted octanol–water partition coefficient (Wildman–Crippen LogP) is 4.57. The Hall–Kier alpha value is 0.130. The molecule has 88 valence electrons. The van der Waals surface area contributed by atoms with Crippen LogP contribution in [0.25, 0.3) is 0 Å². The fraction of sp³-hybridized carbons (Fsp3) is 0.364. The molecule has 1 unspecified atom stereocenters. The van der Waals surface area contributed by atoms with E-state index >= 15 is 0 Å². The number of hydrogen-bond acceptors (Lipinski definition) is 1. The number of halogens is 3. The van der Waals surface area contributed by atoms with E-state index < -0.39 is 0 Å². The van der Waals surface area contributed by atoms with Gasteiger partial charge in [-0.3, -0.25) is 4.79 Å². The van der Waals surface area contributed by atoms with Crippen molar-refractivity contribution >= 4 is 59.4 Å². The monoisotopic (exact) mass is 411 g/mol. The van der Waals surface area contributed by atoms with Gasteiger partial charge in [0.15, 0.2) is 0 Å². The fourth-order valence-electron chi connectivity index (χ4n) is 1.11. The summed E-state index contributed by atoms with van der Waals surface area (Å²) >= 11 is 10.2. The van der Waals surface area contributed by atoms with Gasteiger partial charge < -0.3 is 5.32 Å². The van der Waals surface area contributed by atoms with Crippen molar-refractivity contribution in [3.05, 3.63) is 27.1 Å². The minimum atomic E-state index is -0.188. The molecule has 2 nitrogen and oxygen atoms in total. The van der Waals surface area contributed by atoms with E-state index in [-0.39, 0.29) is 16.7 Å². The molecule has 0 heterocycles. The zero-order chi connectivity index (χ0) is 12.3. The maximum absolute atomic E-state index is 11.9. The molecular weight excluding hydrogens is 402 g/mol. The second-order valence-electron chi connectivity index (χ2n) is 3.73. The molecule has 1 aromatic carbocycles. The SMILES string of the molecule is CC(C)C(Br)C(=O)Nc1c(Br)cccc1Br. The largest absolute Gasteiger partial charge is 0.323 e. The second-order valence-corrected chi connectivity index (χ2v) is 6.43. The van der Waals surface area contributed by atoms with Crippen molar-refractivity contribution in [3.8, 4) is 0 Å². The third kappa shape index (κ3) is 3.57. The molecule has 0 bridgehead atoms. The Morgan fingerprint density at radius 1 is 1.25 bits per heavy atom. The lowest BCUT2D eigenvalue weighted by atomic mass is 10.1. The molecule has 0 aromatic heterocycles. The average molecular weight is 414 g/mol. The van der Waals surface area contributed by atoms with Crippen molar-refractivity contribution in [3.63, 3.8) is 0 Å². The lowest BCUT2D eigenvalue weighted by Gasteiger charge is -2.15. The first-order valence-corrected chi connectivity index (χ1v) is 7.32. The molecule has 1 N–H and O–H groups in total. The molecule has 1 atom stereocenters. The number of para-hydroxylation sites is 1. The highest BCUT2D eigenvalue weighted by molar-refractivity contribution is 9.11. The number of rotatable bonds is 3. The summed E-state index contributed by atoms with van der Waals surface area (Å²) in [5, 5.41) is 2.88. The summed E-state index contributed by atoms with van der Waals surface area (Å²) in [6, 6.07) is 5.68. The lowest BCUT2D eigenvalue weighted by Crippen LogP contribution is -2.27. The van der Waals surface area contributed by atoms with Gasteiger partial charge in [-0.25, -0.2) is 0 Å². The van der Waals surface area contributed by atoms with Gasteiger partial charge in [0.25, 0.3) is 0 Å². The highest BCUT2D eigenvalue weighted by Gasteiger charge is 2.20. The Morgan fingerprint density at radius 2 is 1.75 bits per heavy atom. The van der Waals surface area contributed by atoms with Gasteiger partial charge in [0.05, 0.1) is 10.5 Å². The van der Waals surface area contributed by atoms with Crippen LogP contribution < -0.4 is 5.32 Å². The third-order valence-corrected chi connectivity index (χ3v) is 4.84. The van der Waals surface area contributed by atoms with E-state index in [1.165, 1.54) is 0 Å². The van der Waals surface area contributed by atoms with Crippen molar-refractivity contribution < 1.29 is 4.79 Å². The van der Waals surface area contributed by atoms with Gasteiger partial charge in [-0.15, -0.1) is 0 Å². The molecule has 1 aromatic rings. The normalized spacial score (nSPS) is 12.6. The van der Waals surface area contributed by atoms with E-state index in [2.05, 4.69) is 53.1 Å². The van der Waals surface area contributed by atoms with Gasteiger partial charge >= 0.3 is 0 Å². The number of benzene rings is 1. The molecule has 16 heavy (non-hydrogen) atoms. The minimum Gasteiger partial charge on any atom is -0.323 e. The van der Waals surface area contributed by atoms with Crippen LogP contribution in [0.4, 0.5) is 5.69 Å². The van der Waals surface area contributed by atoms with Crippen LogP contribution in [-0.2, 0) is 4.79 Å². The van der Waals surface area contributed by atoms with Crippen LogP contribution >= 0.6 is 47.8 Å². The Bertz CT molecular complexity index is 373. The summed E-state index contributed by atoms with van der Waals surface area (Å²) in [4.78, 5) is 11.7. The summed E-state index contributed by atoms with van der Waals surface area (Å²) in [5.74, 6) is 0.212. The first-order valence-electron chi connectivity index (χ1n) is 4.82. The fourth-order valence-corrected chi connectivity index (χ4v) is 2.42. The molecule has 5 heteroatoms. The number of carbonyl (C=O) groups is 1. The van der Waals surface area contributed by atoms with Crippen LogP contribution in [0.15, 0.2) is 27.1 Å². The van der Waals surface area contributed by atoms with E-state index in [9.17, 15) is 4.79 Å². The van der Waals surface area contributed by atoms with E-state index in [0.717, 1.165) is 14.6 Å². The molecule has 0 aliphatic heterocycles. The predicted molar refractivity (Wildman–Crippen MR) is 78.0 cm³/mol. The molecule has 0 saturated carbocycles. The van der Waals surface area contributed by atoms with Crippen molar-refractivity contribution in [2.75, 3.05) is 5.32 Å². The maximum atomic E-state index is 11.9. The minimum absolute atomic E-state index is 0.0393. The molecule has 0 fully saturated rings. The Balaban J connectivity index is 2.85. The number of hydrogen-bond donors (Lipinski definition) is 1. The first-order chi connectivity index (χ1) is 7.43. The molecule has 1 rings (SSSR count). The van der Waals surface area contributed by atoms with Gasteiger partial charge in [-0.05, 0) is 49.9 Å². The summed E-state index contributed by atoms with van der Waals surface area (Å²) in [6.07, 6.45) is 0. The molecule has 0 aliphatic carbocycles. The molecule has 0 aliphatic rings. The smallest absolute Gasteiger partial charge is 0.238 e. The van der Waals surface area contributed by atoms with Crippen LogP contribution in [0.3, 0.4) is 0 Å². The van der Waals surface area contributed by atoms with Crippen LogP contribution in [0.5, 0.6) is 0 Å². The van der Waals surface area contributed by atoms with Crippen LogP contribution in [0.2, 0.25) is 0 Å². The van der Waals surface area contributed by atoms with E-state index in [0.29, 0.717) is 0 Å². The highest BCUT2D eigenvalue weighted by atomic mass is 79.9. The zero-order valence-electron chi connectivity index (χ0n) is 8.93. The van der Waals surface area contributed by atoms with E-state index in [1.54, 1.807) is 0 Å². The summed E-state index contributed by atoms with van der Waals surface area (Å²) in [6.45, 7) is 3.99. The lowest BCUT2D eigenvalue weighted by molar-refractivity contribution is -0.116. The third-order valence-electron chi connectivity index (χ3n) is 2.05. The van der Waals surface area contributed by atoms with Crippen LogP contribution in [-0.4, -0.2) is 10.7 Å². The standard InChI is InChI=1S/C11H12Br3NO/c1-6(2)9(14)11(16)15-10-7(12)4-3-5-8(10)13/h3-6,9H,1-2H3,(H,15,16). The second kappa shape index (κ2) is 6.17. The molecule has 1 amide bonds. The van der Waals surface area contributed by atoms with Gasteiger partial charge in [0.1, 0.15) is 0 Å². The Morgan fingerprint density at radius 3 is 2.19 bits per heavy atom. The summed E-state index contributed by atoms with van der Waals surface area (Å²) in [7, 11) is 0. The quantitative estimate of drug-likeness (QED) is 0.722. The van der Waals surface area contributed by atoms with Gasteiger partial charge in [0.2, 0.25) is 5.91 Å². The molecule has 0 saturated heterocycles.